The number of morpholine rings is 1. The number of hydrogen-bond donors (Lipinski definition) is 1. The molecule has 3 nitrogen and oxygen atoms in total. The molecule has 1 heterocycles. The lowest BCUT2D eigenvalue weighted by Gasteiger charge is -2.23. The van der Waals surface area contributed by atoms with Crippen molar-refractivity contribution in [3.63, 3.8) is 0 Å². The number of nitrogens with one attached hydrogen (secondary N) is 1. The highest BCUT2D eigenvalue weighted by atomic mass is 16.5. The van der Waals surface area contributed by atoms with E-state index in [0.29, 0.717) is 6.04 Å². The van der Waals surface area contributed by atoms with Gasteiger partial charge in [-0.1, -0.05) is 24.3 Å². The molecule has 0 bridgehead atoms. The van der Waals surface area contributed by atoms with E-state index in [1.54, 1.807) is 7.11 Å². The minimum atomic E-state index is 0.435. The van der Waals surface area contributed by atoms with Crippen molar-refractivity contribution in [3.05, 3.63) is 42.0 Å². The van der Waals surface area contributed by atoms with Crippen molar-refractivity contribution in [2.24, 2.45) is 0 Å². The molecule has 3 heteroatoms. The van der Waals surface area contributed by atoms with Crippen LogP contribution in [0.3, 0.4) is 0 Å². The third kappa shape index (κ3) is 2.88. The minimum Gasteiger partial charge on any atom is -0.497 e. The van der Waals surface area contributed by atoms with Gasteiger partial charge in [-0.25, -0.2) is 0 Å². The summed E-state index contributed by atoms with van der Waals surface area (Å²) < 4.78 is 10.7. The highest BCUT2D eigenvalue weighted by molar-refractivity contribution is 5.84. The van der Waals surface area contributed by atoms with Gasteiger partial charge in [0.2, 0.25) is 0 Å². The van der Waals surface area contributed by atoms with Crippen LogP contribution in [0.25, 0.3) is 10.8 Å². The van der Waals surface area contributed by atoms with Crippen LogP contribution in [0, 0.1) is 0 Å². The van der Waals surface area contributed by atoms with E-state index in [0.717, 1.165) is 31.9 Å². The molecule has 19 heavy (non-hydrogen) atoms. The molecule has 0 aliphatic carbocycles. The van der Waals surface area contributed by atoms with Gasteiger partial charge in [0.25, 0.3) is 0 Å². The number of hydrogen-bond acceptors (Lipinski definition) is 3. The normalized spacial score (nSPS) is 19.5. The Bertz CT molecular complexity index is 562. The predicted molar refractivity (Wildman–Crippen MR) is 76.8 cm³/mol. The highest BCUT2D eigenvalue weighted by Crippen LogP contribution is 2.22. The predicted octanol–water partition coefficient (Wildman–Crippen LogP) is 2.38. The number of rotatable bonds is 3. The lowest BCUT2D eigenvalue weighted by molar-refractivity contribution is 0.0770. The summed E-state index contributed by atoms with van der Waals surface area (Å²) in [6.45, 7) is 2.59. The van der Waals surface area contributed by atoms with Crippen LogP contribution in [0.2, 0.25) is 0 Å². The number of ether oxygens (including phenoxy) is 2. The van der Waals surface area contributed by atoms with Gasteiger partial charge < -0.3 is 14.8 Å². The molecule has 3 rings (SSSR count). The van der Waals surface area contributed by atoms with E-state index in [-0.39, 0.29) is 0 Å². The van der Waals surface area contributed by atoms with Gasteiger partial charge in [-0.05, 0) is 34.9 Å². The molecule has 0 saturated carbocycles. The fourth-order valence-electron chi connectivity index (χ4n) is 2.56. The van der Waals surface area contributed by atoms with Crippen molar-refractivity contribution in [1.29, 1.82) is 0 Å². The van der Waals surface area contributed by atoms with Gasteiger partial charge in [0.15, 0.2) is 0 Å². The molecule has 1 aliphatic heterocycles. The van der Waals surface area contributed by atoms with Crippen LogP contribution in [0.4, 0.5) is 0 Å². The average molecular weight is 257 g/mol. The zero-order valence-electron chi connectivity index (χ0n) is 11.2. The fraction of sp³-hybridized carbons (Fsp3) is 0.375. The molecule has 1 unspecified atom stereocenters. The SMILES string of the molecule is COc1ccc2cc(CC3COCCN3)ccc2c1. The number of fused-ring (bicyclic) bond motifs is 1. The standard InChI is InChI=1S/C16H19NO2/c1-18-16-5-4-13-8-12(2-3-14(13)10-16)9-15-11-19-7-6-17-15/h2-5,8,10,15,17H,6-7,9,11H2,1H3. The van der Waals surface area contributed by atoms with Crippen molar-refractivity contribution in [1.82, 2.24) is 5.32 Å². The first-order valence-corrected chi connectivity index (χ1v) is 6.73. The maximum absolute atomic E-state index is 5.49. The smallest absolute Gasteiger partial charge is 0.119 e. The van der Waals surface area contributed by atoms with Gasteiger partial charge in [0.05, 0.1) is 20.3 Å². The van der Waals surface area contributed by atoms with Crippen LogP contribution in [0.15, 0.2) is 36.4 Å². The molecule has 100 valence electrons. The van der Waals surface area contributed by atoms with E-state index in [1.807, 2.05) is 6.07 Å². The summed E-state index contributed by atoms with van der Waals surface area (Å²) in [5.41, 5.74) is 1.35. The molecule has 0 aromatic heterocycles. The summed E-state index contributed by atoms with van der Waals surface area (Å²) in [5.74, 6) is 0.905. The van der Waals surface area contributed by atoms with Crippen molar-refractivity contribution in [3.8, 4) is 5.75 Å². The topological polar surface area (TPSA) is 30.5 Å². The fourth-order valence-corrected chi connectivity index (χ4v) is 2.56. The molecule has 1 fully saturated rings. The Kier molecular flexibility index (Phi) is 3.67. The van der Waals surface area contributed by atoms with Gasteiger partial charge >= 0.3 is 0 Å². The van der Waals surface area contributed by atoms with Crippen LogP contribution >= 0.6 is 0 Å². The number of benzene rings is 2. The van der Waals surface area contributed by atoms with Crippen LogP contribution in [-0.2, 0) is 11.2 Å². The van der Waals surface area contributed by atoms with E-state index in [2.05, 4.69) is 35.6 Å². The summed E-state index contributed by atoms with van der Waals surface area (Å²) in [7, 11) is 1.70. The van der Waals surface area contributed by atoms with Crippen molar-refractivity contribution >= 4 is 10.8 Å². The lowest BCUT2D eigenvalue weighted by atomic mass is 10.0. The Balaban J connectivity index is 1.80. The summed E-state index contributed by atoms with van der Waals surface area (Å²) in [5, 5.41) is 5.97. The first kappa shape index (κ1) is 12.5. The van der Waals surface area contributed by atoms with E-state index in [9.17, 15) is 0 Å². The Labute approximate surface area is 113 Å². The van der Waals surface area contributed by atoms with Gasteiger partial charge in [0.1, 0.15) is 5.75 Å². The summed E-state index contributed by atoms with van der Waals surface area (Å²) >= 11 is 0. The van der Waals surface area contributed by atoms with Crippen LogP contribution in [-0.4, -0.2) is 32.9 Å². The monoisotopic (exact) mass is 257 g/mol. The molecule has 1 aliphatic rings. The first-order chi connectivity index (χ1) is 9.35. The Morgan fingerprint density at radius 2 is 2.05 bits per heavy atom. The van der Waals surface area contributed by atoms with Gasteiger partial charge in [0, 0.05) is 12.6 Å². The minimum absolute atomic E-state index is 0.435. The highest BCUT2D eigenvalue weighted by Gasteiger charge is 2.13. The Morgan fingerprint density at radius 3 is 2.84 bits per heavy atom. The number of methoxy groups -OCH3 is 1. The maximum Gasteiger partial charge on any atom is 0.119 e. The van der Waals surface area contributed by atoms with E-state index < -0.39 is 0 Å². The summed E-state index contributed by atoms with van der Waals surface area (Å²) in [6, 6.07) is 13.2. The summed E-state index contributed by atoms with van der Waals surface area (Å²) in [6.07, 6.45) is 1.02. The average Bonchev–Trinajstić information content (AvgIpc) is 2.48. The van der Waals surface area contributed by atoms with E-state index in [4.69, 9.17) is 9.47 Å². The van der Waals surface area contributed by atoms with Gasteiger partial charge in [-0.3, -0.25) is 0 Å². The second-order valence-electron chi connectivity index (χ2n) is 4.98. The molecule has 0 spiro atoms. The molecule has 2 aromatic carbocycles. The molecule has 1 saturated heterocycles. The molecule has 0 radical (unpaired) electrons. The largest absolute Gasteiger partial charge is 0.497 e. The molecule has 0 amide bonds. The van der Waals surface area contributed by atoms with Crippen molar-refractivity contribution < 1.29 is 9.47 Å². The molecule has 1 N–H and O–H groups in total. The molecule has 1 atom stereocenters. The van der Waals surface area contributed by atoms with Gasteiger partial charge in [-0.2, -0.15) is 0 Å². The maximum atomic E-state index is 5.49. The van der Waals surface area contributed by atoms with Crippen LogP contribution in [0.1, 0.15) is 5.56 Å². The Morgan fingerprint density at radius 1 is 1.21 bits per heavy atom. The van der Waals surface area contributed by atoms with Crippen LogP contribution < -0.4 is 10.1 Å². The van der Waals surface area contributed by atoms with Crippen LogP contribution in [0.5, 0.6) is 5.75 Å². The second-order valence-corrected chi connectivity index (χ2v) is 4.98. The van der Waals surface area contributed by atoms with E-state index >= 15 is 0 Å². The zero-order valence-corrected chi connectivity index (χ0v) is 11.2. The molecular weight excluding hydrogens is 238 g/mol. The molecule has 2 aromatic rings. The quantitative estimate of drug-likeness (QED) is 0.915. The van der Waals surface area contributed by atoms with Crippen molar-refractivity contribution in [2.75, 3.05) is 26.9 Å². The van der Waals surface area contributed by atoms with E-state index in [1.165, 1.54) is 16.3 Å². The molecular formula is C16H19NO2. The van der Waals surface area contributed by atoms with Gasteiger partial charge in [-0.15, -0.1) is 0 Å². The second kappa shape index (κ2) is 5.59. The third-order valence-corrected chi connectivity index (χ3v) is 3.59. The van der Waals surface area contributed by atoms with Crippen molar-refractivity contribution in [2.45, 2.75) is 12.5 Å². The lowest BCUT2D eigenvalue weighted by Crippen LogP contribution is -2.42. The Hall–Kier alpha value is -1.58. The first-order valence-electron chi connectivity index (χ1n) is 6.73. The zero-order chi connectivity index (χ0) is 13.1. The third-order valence-electron chi connectivity index (χ3n) is 3.59. The summed E-state index contributed by atoms with van der Waals surface area (Å²) in [4.78, 5) is 0.